The summed E-state index contributed by atoms with van der Waals surface area (Å²) in [4.78, 5) is 0. The Balaban J connectivity index is 2.06. The lowest BCUT2D eigenvalue weighted by molar-refractivity contribution is -0.408. The molecule has 0 amide bonds. The van der Waals surface area contributed by atoms with E-state index in [2.05, 4.69) is 4.74 Å². The molecule has 13 heteroatoms. The molecule has 2 aliphatic rings. The second-order valence-electron chi connectivity index (χ2n) is 10.4. The lowest BCUT2D eigenvalue weighted by atomic mass is 9.72. The molecule has 0 fully saturated rings. The van der Waals surface area contributed by atoms with Gasteiger partial charge in [0, 0.05) is 11.1 Å². The van der Waals surface area contributed by atoms with Gasteiger partial charge in [-0.2, -0.15) is 35.1 Å². The van der Waals surface area contributed by atoms with Crippen molar-refractivity contribution in [3.63, 3.8) is 0 Å². The van der Waals surface area contributed by atoms with E-state index >= 15 is 35.1 Å². The Hall–Kier alpha value is -2.96. The van der Waals surface area contributed by atoms with Gasteiger partial charge in [0.2, 0.25) is 0 Å². The first-order valence-corrected chi connectivity index (χ1v) is 12.0. The lowest BCUT2D eigenvalue weighted by Gasteiger charge is -2.52. The van der Waals surface area contributed by atoms with Gasteiger partial charge in [-0.1, -0.05) is 47.5 Å². The number of aryl methyl sites for hydroxylation is 4. The van der Waals surface area contributed by atoms with Crippen molar-refractivity contribution >= 4 is 0 Å². The second kappa shape index (κ2) is 8.78. The highest BCUT2D eigenvalue weighted by Crippen LogP contribution is 2.66. The average Bonchev–Trinajstić information content (AvgIpc) is 2.83. The zero-order chi connectivity index (χ0) is 31.2. The van der Waals surface area contributed by atoms with Crippen LogP contribution in [0.15, 0.2) is 60.7 Å². The predicted octanol–water partition coefficient (Wildman–Crippen LogP) is 8.98. The lowest BCUT2D eigenvalue weighted by Crippen LogP contribution is -2.72. The van der Waals surface area contributed by atoms with Crippen LogP contribution < -0.4 is 0 Å². The third kappa shape index (κ3) is 3.82. The quantitative estimate of drug-likeness (QED) is 0.251. The number of ether oxygens (including phenoxy) is 1. The van der Waals surface area contributed by atoms with Crippen molar-refractivity contribution in [3.05, 3.63) is 94.1 Å². The van der Waals surface area contributed by atoms with Crippen LogP contribution in [-0.4, -0.2) is 35.4 Å². The number of allylic oxidation sites excluding steroid dienone is 2. The number of hydrogen-bond acceptors (Lipinski definition) is 1. The van der Waals surface area contributed by atoms with Crippen LogP contribution in [-0.2, 0) is 16.1 Å². The fourth-order valence-corrected chi connectivity index (χ4v) is 5.28. The van der Waals surface area contributed by atoms with Crippen LogP contribution in [0.2, 0.25) is 0 Å². The van der Waals surface area contributed by atoms with E-state index < -0.39 is 93.3 Å². The first-order chi connectivity index (χ1) is 18.4. The van der Waals surface area contributed by atoms with Crippen LogP contribution in [0.5, 0.6) is 0 Å². The number of halogens is 12. The van der Waals surface area contributed by atoms with Crippen molar-refractivity contribution in [1.82, 2.24) is 0 Å². The monoisotopic (exact) mass is 602 g/mol. The van der Waals surface area contributed by atoms with Gasteiger partial charge in [-0.15, -0.1) is 0 Å². The predicted molar refractivity (Wildman–Crippen MR) is 124 cm³/mol. The molecule has 0 N–H and O–H groups in total. The van der Waals surface area contributed by atoms with Crippen molar-refractivity contribution in [2.75, 3.05) is 0 Å². The SMILES string of the molecule is Cc1ccc(C2(F)C(F)(OC3(F)C=CC(F)(F)C(F)(F)C3(F)c3ccc(C)cc3C)C=CC(F)(F)C2(F)F)c(C)c1. The molecule has 41 heavy (non-hydrogen) atoms. The van der Waals surface area contributed by atoms with Gasteiger partial charge in [0.25, 0.3) is 23.0 Å². The molecule has 0 heterocycles. The van der Waals surface area contributed by atoms with Crippen LogP contribution in [0.25, 0.3) is 0 Å². The van der Waals surface area contributed by atoms with E-state index in [1.54, 1.807) is 0 Å². The minimum Gasteiger partial charge on any atom is -0.295 e. The standard InChI is InChI=1S/C28H22F12O/c1-15-5-7-19(17(3)13-15)25(35)23(33,11-9-21(29,30)27(25,37)38)41-24(34)12-10-22(31,32)28(39,40)26(24,36)20-8-6-16(2)14-18(20)4/h5-14H,1-4H3. The van der Waals surface area contributed by atoms with Crippen LogP contribution in [0.4, 0.5) is 52.7 Å². The third-order valence-corrected chi connectivity index (χ3v) is 7.46. The molecule has 0 bridgehead atoms. The van der Waals surface area contributed by atoms with E-state index in [1.807, 2.05) is 0 Å². The van der Waals surface area contributed by atoms with Gasteiger partial charge in [0.05, 0.1) is 0 Å². The highest BCUT2D eigenvalue weighted by atomic mass is 19.3. The molecule has 0 radical (unpaired) electrons. The summed E-state index contributed by atoms with van der Waals surface area (Å²) in [5, 5.41) is 0. The minimum atomic E-state index is -6.11. The van der Waals surface area contributed by atoms with E-state index in [4.69, 9.17) is 0 Å². The van der Waals surface area contributed by atoms with E-state index in [9.17, 15) is 17.6 Å². The van der Waals surface area contributed by atoms with Crippen molar-refractivity contribution in [3.8, 4) is 0 Å². The molecule has 224 valence electrons. The van der Waals surface area contributed by atoms with Crippen molar-refractivity contribution in [2.45, 2.75) is 74.4 Å². The minimum absolute atomic E-state index is 0.262. The first kappa shape index (κ1) is 31.0. The third-order valence-electron chi connectivity index (χ3n) is 7.46. The fraction of sp³-hybridized carbons (Fsp3) is 0.429. The van der Waals surface area contributed by atoms with E-state index in [-0.39, 0.29) is 11.1 Å². The summed E-state index contributed by atoms with van der Waals surface area (Å²) in [5.74, 6) is -33.5. The molecule has 2 aliphatic carbocycles. The Morgan fingerprint density at radius 1 is 0.463 bits per heavy atom. The number of rotatable bonds is 4. The first-order valence-electron chi connectivity index (χ1n) is 12.0. The Morgan fingerprint density at radius 3 is 1.07 bits per heavy atom. The zero-order valence-corrected chi connectivity index (χ0v) is 21.7. The van der Waals surface area contributed by atoms with Crippen molar-refractivity contribution in [1.29, 1.82) is 0 Å². The Morgan fingerprint density at radius 2 is 0.780 bits per heavy atom. The highest BCUT2D eigenvalue weighted by molar-refractivity contribution is 5.46. The molecule has 0 saturated carbocycles. The van der Waals surface area contributed by atoms with Crippen molar-refractivity contribution < 1.29 is 57.4 Å². The molecule has 4 atom stereocenters. The second-order valence-corrected chi connectivity index (χ2v) is 10.4. The summed E-state index contributed by atoms with van der Waals surface area (Å²) in [5.41, 5.74) is -14.5. The van der Waals surface area contributed by atoms with Gasteiger partial charge in [0.15, 0.2) is 0 Å². The number of benzene rings is 2. The van der Waals surface area contributed by atoms with E-state index in [0.29, 0.717) is 12.1 Å². The summed E-state index contributed by atoms with van der Waals surface area (Å²) in [6, 6.07) is 4.68. The molecular formula is C28H22F12O. The molecule has 1 nitrogen and oxygen atoms in total. The fourth-order valence-electron chi connectivity index (χ4n) is 5.28. The van der Waals surface area contributed by atoms with Crippen molar-refractivity contribution in [2.24, 2.45) is 0 Å². The maximum absolute atomic E-state index is 16.6. The Bertz CT molecular complexity index is 1340. The zero-order valence-electron chi connectivity index (χ0n) is 21.7. The Kier molecular flexibility index (Phi) is 6.63. The summed E-state index contributed by atoms with van der Waals surface area (Å²) < 4.78 is 189. The largest absolute Gasteiger partial charge is 0.357 e. The van der Waals surface area contributed by atoms with Crippen LogP contribution in [0.3, 0.4) is 0 Å². The molecule has 0 aliphatic heterocycles. The van der Waals surface area contributed by atoms with Gasteiger partial charge in [0.1, 0.15) is 0 Å². The normalized spacial score (nSPS) is 34.9. The average molecular weight is 602 g/mol. The maximum atomic E-state index is 16.6. The molecule has 4 rings (SSSR count). The van der Waals surface area contributed by atoms with E-state index in [1.165, 1.54) is 13.8 Å². The van der Waals surface area contributed by atoms with Gasteiger partial charge in [-0.25, -0.2) is 17.6 Å². The van der Waals surface area contributed by atoms with Gasteiger partial charge >= 0.3 is 23.7 Å². The summed E-state index contributed by atoms with van der Waals surface area (Å²) >= 11 is 0. The summed E-state index contributed by atoms with van der Waals surface area (Å²) in [6.07, 6.45) is -3.19. The van der Waals surface area contributed by atoms with Crippen LogP contribution >= 0.6 is 0 Å². The van der Waals surface area contributed by atoms with Gasteiger partial charge in [-0.3, -0.25) is 4.74 Å². The molecule has 0 spiro atoms. The maximum Gasteiger partial charge on any atom is 0.357 e. The summed E-state index contributed by atoms with van der Waals surface area (Å²) in [6.45, 7) is 4.57. The highest BCUT2D eigenvalue weighted by Gasteiger charge is 2.86. The Labute approximate surface area is 226 Å². The number of hydrogen-bond donors (Lipinski definition) is 0. The number of alkyl halides is 12. The molecule has 0 aromatic heterocycles. The van der Waals surface area contributed by atoms with Crippen LogP contribution in [0, 0.1) is 27.7 Å². The smallest absolute Gasteiger partial charge is 0.295 e. The molecule has 4 unspecified atom stereocenters. The topological polar surface area (TPSA) is 9.23 Å². The molecule has 0 saturated heterocycles. The van der Waals surface area contributed by atoms with Gasteiger partial charge in [-0.05, 0) is 63.1 Å². The summed E-state index contributed by atoms with van der Waals surface area (Å²) in [7, 11) is 0. The molecule has 2 aromatic carbocycles. The van der Waals surface area contributed by atoms with Gasteiger partial charge < -0.3 is 0 Å². The van der Waals surface area contributed by atoms with E-state index in [0.717, 1.165) is 38.1 Å². The van der Waals surface area contributed by atoms with Crippen LogP contribution in [0.1, 0.15) is 33.4 Å². The molecular weight excluding hydrogens is 580 g/mol. The molecule has 2 aromatic rings.